The van der Waals surface area contributed by atoms with Crippen molar-refractivity contribution >= 4 is 15.9 Å². The smallest absolute Gasteiger partial charge is 0.0460 e. The highest BCUT2D eigenvalue weighted by atomic mass is 79.9. The van der Waals surface area contributed by atoms with Gasteiger partial charge in [-0.05, 0) is 59.8 Å². The van der Waals surface area contributed by atoms with Crippen LogP contribution in [0.4, 0.5) is 0 Å². The summed E-state index contributed by atoms with van der Waals surface area (Å²) in [7, 11) is 0. The van der Waals surface area contributed by atoms with Crippen LogP contribution in [0.25, 0.3) is 0 Å². The first-order valence-corrected chi connectivity index (χ1v) is 7.30. The number of hydrogen-bond acceptors (Lipinski definition) is 3. The topological polar surface area (TPSA) is 50.9 Å². The Bertz CT molecular complexity index is 417. The summed E-state index contributed by atoms with van der Waals surface area (Å²) in [6, 6.07) is 2.27. The van der Waals surface area contributed by atoms with Gasteiger partial charge in [-0.3, -0.25) is 4.98 Å². The zero-order chi connectivity index (χ0) is 12.8. The second kappa shape index (κ2) is 7.02. The third-order valence-electron chi connectivity index (χ3n) is 3.34. The van der Waals surface area contributed by atoms with Crippen LogP contribution in [0.5, 0.6) is 0 Å². The molecule has 1 aromatic rings. The van der Waals surface area contributed by atoms with Crippen LogP contribution in [-0.4, -0.2) is 18.1 Å². The lowest BCUT2D eigenvalue weighted by molar-refractivity contribution is 0.540. The minimum atomic E-state index is 0.192. The number of nitrogens with one attached hydrogen (secondary N) is 1. The van der Waals surface area contributed by atoms with Crippen LogP contribution in [-0.2, 0) is 0 Å². The molecule has 1 aliphatic carbocycles. The molecule has 0 amide bonds. The van der Waals surface area contributed by atoms with Gasteiger partial charge in [0.25, 0.3) is 0 Å². The Morgan fingerprint density at radius 3 is 3.00 bits per heavy atom. The van der Waals surface area contributed by atoms with E-state index >= 15 is 0 Å². The van der Waals surface area contributed by atoms with E-state index in [-0.39, 0.29) is 6.04 Å². The molecule has 1 aliphatic rings. The normalized spacial score (nSPS) is 16.7. The van der Waals surface area contributed by atoms with Gasteiger partial charge in [0.1, 0.15) is 0 Å². The van der Waals surface area contributed by atoms with Crippen molar-refractivity contribution in [2.75, 3.05) is 13.1 Å². The van der Waals surface area contributed by atoms with Gasteiger partial charge in [-0.25, -0.2) is 0 Å². The van der Waals surface area contributed by atoms with E-state index in [1.54, 1.807) is 11.8 Å². The molecule has 0 aromatic carbocycles. The number of nitrogens with two attached hydrogens (primary N) is 1. The van der Waals surface area contributed by atoms with Gasteiger partial charge in [0.05, 0.1) is 0 Å². The lowest BCUT2D eigenvalue weighted by atomic mass is 10.1. The molecule has 98 valence electrons. The third kappa shape index (κ3) is 3.90. The van der Waals surface area contributed by atoms with E-state index in [1.165, 1.54) is 19.3 Å². The van der Waals surface area contributed by atoms with E-state index in [0.29, 0.717) is 6.54 Å². The molecule has 1 atom stereocenters. The summed E-state index contributed by atoms with van der Waals surface area (Å²) in [6.45, 7) is 1.58. The van der Waals surface area contributed by atoms with Crippen molar-refractivity contribution in [3.8, 4) is 0 Å². The second-order valence-corrected chi connectivity index (χ2v) is 5.60. The van der Waals surface area contributed by atoms with E-state index in [9.17, 15) is 0 Å². The summed E-state index contributed by atoms with van der Waals surface area (Å²) in [4.78, 5) is 4.18. The van der Waals surface area contributed by atoms with E-state index < -0.39 is 0 Å². The molecule has 0 bridgehead atoms. The summed E-state index contributed by atoms with van der Waals surface area (Å²) in [6.07, 6.45) is 11.0. The van der Waals surface area contributed by atoms with E-state index in [2.05, 4.69) is 38.4 Å². The minimum Gasteiger partial charge on any atom is -0.329 e. The molecule has 0 radical (unpaired) electrons. The molecule has 0 saturated carbocycles. The lowest BCUT2D eigenvalue weighted by Crippen LogP contribution is -2.29. The van der Waals surface area contributed by atoms with Crippen LogP contribution in [0, 0.1) is 0 Å². The van der Waals surface area contributed by atoms with E-state index in [1.807, 2.05) is 6.20 Å². The summed E-state index contributed by atoms with van der Waals surface area (Å²) in [5, 5.41) is 3.51. The summed E-state index contributed by atoms with van der Waals surface area (Å²) in [5.41, 5.74) is 8.56. The summed E-state index contributed by atoms with van der Waals surface area (Å²) in [5.74, 6) is 0. The van der Waals surface area contributed by atoms with Gasteiger partial charge in [0, 0.05) is 29.5 Å². The average Bonchev–Trinajstić information content (AvgIpc) is 2.88. The van der Waals surface area contributed by atoms with Gasteiger partial charge in [-0.1, -0.05) is 11.6 Å². The van der Waals surface area contributed by atoms with Crippen LogP contribution >= 0.6 is 15.9 Å². The Hall–Kier alpha value is -0.710. The molecule has 1 aromatic heterocycles. The maximum Gasteiger partial charge on any atom is 0.0460 e. The molecule has 4 heteroatoms. The van der Waals surface area contributed by atoms with Gasteiger partial charge in [-0.2, -0.15) is 0 Å². The summed E-state index contributed by atoms with van der Waals surface area (Å²) >= 11 is 3.44. The van der Waals surface area contributed by atoms with Crippen LogP contribution in [0.2, 0.25) is 0 Å². The van der Waals surface area contributed by atoms with Crippen LogP contribution in [0.15, 0.2) is 34.6 Å². The second-order valence-electron chi connectivity index (χ2n) is 4.68. The predicted molar refractivity (Wildman–Crippen MR) is 78.3 cm³/mol. The number of allylic oxidation sites excluding steroid dienone is 1. The third-order valence-corrected chi connectivity index (χ3v) is 3.77. The molecule has 0 aliphatic heterocycles. The van der Waals surface area contributed by atoms with Crippen molar-refractivity contribution in [2.45, 2.75) is 31.7 Å². The predicted octanol–water partition coefficient (Wildman–Crippen LogP) is 2.93. The Morgan fingerprint density at radius 1 is 1.44 bits per heavy atom. The molecule has 18 heavy (non-hydrogen) atoms. The van der Waals surface area contributed by atoms with Crippen LogP contribution < -0.4 is 11.1 Å². The highest BCUT2D eigenvalue weighted by molar-refractivity contribution is 9.10. The van der Waals surface area contributed by atoms with Crippen molar-refractivity contribution in [1.82, 2.24) is 10.3 Å². The van der Waals surface area contributed by atoms with Gasteiger partial charge >= 0.3 is 0 Å². The van der Waals surface area contributed by atoms with Crippen molar-refractivity contribution in [1.29, 1.82) is 0 Å². The standard InChI is InChI=1S/C14H20BrN3/c15-13-7-12(9-17-10-13)14(8-16)18-6-5-11-3-1-2-4-11/h3,7,9-10,14,18H,1-2,4-6,8,16H2. The monoisotopic (exact) mass is 309 g/mol. The number of nitrogens with zero attached hydrogens (tertiary/aromatic N) is 1. The van der Waals surface area contributed by atoms with E-state index in [0.717, 1.165) is 23.0 Å². The molecule has 1 unspecified atom stereocenters. The quantitative estimate of drug-likeness (QED) is 0.794. The van der Waals surface area contributed by atoms with Crippen molar-refractivity contribution in [2.24, 2.45) is 5.73 Å². The first-order chi connectivity index (χ1) is 8.79. The first kappa shape index (κ1) is 13.7. The number of hydrogen-bond donors (Lipinski definition) is 2. The zero-order valence-electron chi connectivity index (χ0n) is 10.5. The maximum absolute atomic E-state index is 5.83. The van der Waals surface area contributed by atoms with Crippen molar-refractivity contribution < 1.29 is 0 Å². The maximum atomic E-state index is 5.83. The molecular formula is C14H20BrN3. The average molecular weight is 310 g/mol. The number of aromatic nitrogens is 1. The highest BCUT2D eigenvalue weighted by Gasteiger charge is 2.10. The molecule has 0 spiro atoms. The van der Waals surface area contributed by atoms with Crippen LogP contribution in [0.1, 0.15) is 37.3 Å². The van der Waals surface area contributed by atoms with Gasteiger partial charge in [-0.15, -0.1) is 0 Å². The number of rotatable bonds is 6. The fourth-order valence-corrected chi connectivity index (χ4v) is 2.71. The number of pyridine rings is 1. The van der Waals surface area contributed by atoms with Crippen LogP contribution in [0.3, 0.4) is 0 Å². The molecule has 0 saturated heterocycles. The minimum absolute atomic E-state index is 0.192. The van der Waals surface area contributed by atoms with Crippen molar-refractivity contribution in [3.05, 3.63) is 40.1 Å². The molecule has 3 N–H and O–H groups in total. The summed E-state index contributed by atoms with van der Waals surface area (Å²) < 4.78 is 0.999. The largest absolute Gasteiger partial charge is 0.329 e. The van der Waals surface area contributed by atoms with Gasteiger partial charge < -0.3 is 11.1 Å². The lowest BCUT2D eigenvalue weighted by Gasteiger charge is -2.17. The first-order valence-electron chi connectivity index (χ1n) is 6.51. The zero-order valence-corrected chi connectivity index (χ0v) is 12.1. The molecule has 2 rings (SSSR count). The van der Waals surface area contributed by atoms with E-state index in [4.69, 9.17) is 5.73 Å². The highest BCUT2D eigenvalue weighted by Crippen LogP contribution is 2.21. The molecule has 0 fully saturated rings. The van der Waals surface area contributed by atoms with Crippen molar-refractivity contribution in [3.63, 3.8) is 0 Å². The SMILES string of the molecule is NCC(NCCC1=CCCC1)c1cncc(Br)c1. The Kier molecular flexibility index (Phi) is 5.35. The molecule has 1 heterocycles. The fourth-order valence-electron chi connectivity index (χ4n) is 2.33. The fraction of sp³-hybridized carbons (Fsp3) is 0.500. The van der Waals surface area contributed by atoms with Gasteiger partial charge in [0.2, 0.25) is 0 Å². The Labute approximate surface area is 117 Å². The Morgan fingerprint density at radius 2 is 2.33 bits per heavy atom. The van der Waals surface area contributed by atoms with Gasteiger partial charge in [0.15, 0.2) is 0 Å². The number of halogens is 1. The molecule has 3 nitrogen and oxygen atoms in total. The Balaban J connectivity index is 1.85. The molecular weight excluding hydrogens is 290 g/mol.